The van der Waals surface area contributed by atoms with E-state index in [0.717, 1.165) is 5.69 Å². The van der Waals surface area contributed by atoms with E-state index in [9.17, 15) is 4.79 Å². The molecule has 4 aromatic rings. The molecule has 0 radical (unpaired) electrons. The first kappa shape index (κ1) is 14.8. The largest absolute Gasteiger partial charge is 0.449 e. The number of amides is 1. The average Bonchev–Trinajstić information content (AvgIpc) is 3.09. The number of pyridine rings is 1. The molecule has 0 unspecified atom stereocenters. The van der Waals surface area contributed by atoms with Gasteiger partial charge in [-0.2, -0.15) is 0 Å². The van der Waals surface area contributed by atoms with Crippen LogP contribution in [0, 0.1) is 0 Å². The number of hydrogen-bond donors (Lipinski definition) is 2. The van der Waals surface area contributed by atoms with Crippen LogP contribution in [0.3, 0.4) is 0 Å². The van der Waals surface area contributed by atoms with Crippen LogP contribution in [0.15, 0.2) is 71.5 Å². The van der Waals surface area contributed by atoms with Crippen molar-refractivity contribution >= 4 is 34.3 Å². The summed E-state index contributed by atoms with van der Waals surface area (Å²) in [6, 6.07) is 14.1. The molecule has 0 saturated heterocycles. The highest BCUT2D eigenvalue weighted by Crippen LogP contribution is 2.20. The normalized spacial score (nSPS) is 10.6. The zero-order chi connectivity index (χ0) is 17.1. The number of rotatable bonds is 4. The minimum absolute atomic E-state index is 0.216. The fraction of sp³-hybridized carbons (Fsp3) is 0. The molecule has 0 aliphatic carbocycles. The lowest BCUT2D eigenvalue weighted by atomic mass is 10.2. The van der Waals surface area contributed by atoms with Gasteiger partial charge in [0.1, 0.15) is 5.52 Å². The smallest absolute Gasteiger partial charge is 0.291 e. The van der Waals surface area contributed by atoms with E-state index < -0.39 is 0 Å². The Morgan fingerprint density at radius 1 is 0.880 bits per heavy atom. The van der Waals surface area contributed by atoms with Crippen molar-refractivity contribution in [2.45, 2.75) is 0 Å². The lowest BCUT2D eigenvalue weighted by Gasteiger charge is -2.06. The number of furan rings is 1. The topological polar surface area (TPSA) is 92.9 Å². The number of benzene rings is 1. The molecule has 1 aromatic carbocycles. The molecule has 2 N–H and O–H groups in total. The zero-order valence-electron chi connectivity index (χ0n) is 13.0. The maximum atomic E-state index is 12.3. The van der Waals surface area contributed by atoms with Gasteiger partial charge in [-0.05, 0) is 42.5 Å². The Labute approximate surface area is 142 Å². The van der Waals surface area contributed by atoms with Gasteiger partial charge in [-0.1, -0.05) is 0 Å². The second-order valence-corrected chi connectivity index (χ2v) is 5.23. The van der Waals surface area contributed by atoms with E-state index in [4.69, 9.17) is 4.42 Å². The summed E-state index contributed by atoms with van der Waals surface area (Å²) in [4.78, 5) is 24.6. The molecule has 3 heterocycles. The third-order valence-electron chi connectivity index (χ3n) is 3.48. The number of anilines is 3. The Morgan fingerprint density at radius 2 is 1.60 bits per heavy atom. The molecule has 1 amide bonds. The Kier molecular flexibility index (Phi) is 3.80. The van der Waals surface area contributed by atoms with Crippen molar-refractivity contribution in [3.05, 3.63) is 72.9 Å². The summed E-state index contributed by atoms with van der Waals surface area (Å²) < 4.78 is 5.50. The van der Waals surface area contributed by atoms with Crippen LogP contribution in [0.25, 0.3) is 11.1 Å². The molecule has 0 aliphatic rings. The Bertz CT molecular complexity index is 980. The summed E-state index contributed by atoms with van der Waals surface area (Å²) in [5.41, 5.74) is 2.69. The summed E-state index contributed by atoms with van der Waals surface area (Å²) in [6.45, 7) is 0. The van der Waals surface area contributed by atoms with Crippen molar-refractivity contribution in [2.24, 2.45) is 0 Å². The molecular formula is C18H13N5O2. The van der Waals surface area contributed by atoms with Crippen LogP contribution in [0.4, 0.5) is 17.3 Å². The third-order valence-corrected chi connectivity index (χ3v) is 3.48. The van der Waals surface area contributed by atoms with E-state index in [1.165, 1.54) is 0 Å². The molecule has 122 valence electrons. The minimum atomic E-state index is -0.329. The highest BCUT2D eigenvalue weighted by atomic mass is 16.3. The molecule has 0 saturated carbocycles. The van der Waals surface area contributed by atoms with Gasteiger partial charge in [0.05, 0.1) is 0 Å². The molecule has 3 aromatic heterocycles. The van der Waals surface area contributed by atoms with Crippen LogP contribution in [0.5, 0.6) is 0 Å². The molecule has 0 fully saturated rings. The van der Waals surface area contributed by atoms with Crippen LogP contribution in [-0.4, -0.2) is 20.9 Å². The quantitative estimate of drug-likeness (QED) is 0.593. The number of aromatic nitrogens is 3. The van der Waals surface area contributed by atoms with Gasteiger partial charge in [0, 0.05) is 36.0 Å². The SMILES string of the molecule is O=C(Nc1ccc(Nc2ncccn2)cc1)c1cc2ncccc2o1. The van der Waals surface area contributed by atoms with Crippen molar-refractivity contribution < 1.29 is 9.21 Å². The van der Waals surface area contributed by atoms with E-state index in [1.54, 1.807) is 55.0 Å². The lowest BCUT2D eigenvalue weighted by molar-refractivity contribution is 0.0998. The van der Waals surface area contributed by atoms with Crippen molar-refractivity contribution in [2.75, 3.05) is 10.6 Å². The van der Waals surface area contributed by atoms with Gasteiger partial charge in [-0.25, -0.2) is 9.97 Å². The monoisotopic (exact) mass is 331 g/mol. The second-order valence-electron chi connectivity index (χ2n) is 5.23. The van der Waals surface area contributed by atoms with Crippen molar-refractivity contribution in [1.82, 2.24) is 15.0 Å². The van der Waals surface area contributed by atoms with Crippen molar-refractivity contribution in [3.8, 4) is 0 Å². The Hall–Kier alpha value is -3.74. The fourth-order valence-electron chi connectivity index (χ4n) is 2.30. The molecule has 4 rings (SSSR count). The third kappa shape index (κ3) is 3.30. The number of hydrogen-bond acceptors (Lipinski definition) is 6. The van der Waals surface area contributed by atoms with Gasteiger partial charge in [0.25, 0.3) is 5.91 Å². The summed E-state index contributed by atoms with van der Waals surface area (Å²) in [5, 5.41) is 5.86. The van der Waals surface area contributed by atoms with Gasteiger partial charge in [0.2, 0.25) is 5.95 Å². The van der Waals surface area contributed by atoms with E-state index in [0.29, 0.717) is 22.7 Å². The van der Waals surface area contributed by atoms with Crippen LogP contribution in [0.2, 0.25) is 0 Å². The molecule has 7 nitrogen and oxygen atoms in total. The second kappa shape index (κ2) is 6.40. The van der Waals surface area contributed by atoms with E-state index in [-0.39, 0.29) is 11.7 Å². The molecule has 0 spiro atoms. The first-order valence-corrected chi connectivity index (χ1v) is 7.58. The molecule has 7 heteroatoms. The fourth-order valence-corrected chi connectivity index (χ4v) is 2.30. The predicted molar refractivity (Wildman–Crippen MR) is 93.7 cm³/mol. The zero-order valence-corrected chi connectivity index (χ0v) is 13.0. The standard InChI is InChI=1S/C18H13N5O2/c24-17(16-11-14-15(25-16)3-1-8-19-14)22-12-4-6-13(7-5-12)23-18-20-9-2-10-21-18/h1-11H,(H,22,24)(H,20,21,23). The van der Waals surface area contributed by atoms with Crippen LogP contribution >= 0.6 is 0 Å². The first-order chi connectivity index (χ1) is 12.3. The number of carbonyl (C=O) groups is 1. The van der Waals surface area contributed by atoms with Gasteiger partial charge in [-0.15, -0.1) is 0 Å². The number of carbonyl (C=O) groups excluding carboxylic acids is 1. The predicted octanol–water partition coefficient (Wildman–Crippen LogP) is 3.61. The van der Waals surface area contributed by atoms with Crippen LogP contribution in [0.1, 0.15) is 10.6 Å². The lowest BCUT2D eigenvalue weighted by Crippen LogP contribution is -2.10. The van der Waals surface area contributed by atoms with E-state index in [1.807, 2.05) is 12.1 Å². The summed E-state index contributed by atoms with van der Waals surface area (Å²) in [6.07, 6.45) is 4.97. The Balaban J connectivity index is 1.46. The highest BCUT2D eigenvalue weighted by Gasteiger charge is 2.13. The van der Waals surface area contributed by atoms with Crippen LogP contribution < -0.4 is 10.6 Å². The molecule has 0 atom stereocenters. The summed E-state index contributed by atoms with van der Waals surface area (Å²) in [7, 11) is 0. The molecule has 0 bridgehead atoms. The molecule has 25 heavy (non-hydrogen) atoms. The van der Waals surface area contributed by atoms with Crippen molar-refractivity contribution in [1.29, 1.82) is 0 Å². The summed E-state index contributed by atoms with van der Waals surface area (Å²) in [5.74, 6) is 0.396. The highest BCUT2D eigenvalue weighted by molar-refractivity contribution is 6.04. The van der Waals surface area contributed by atoms with E-state index >= 15 is 0 Å². The van der Waals surface area contributed by atoms with Gasteiger partial charge in [0.15, 0.2) is 11.3 Å². The summed E-state index contributed by atoms with van der Waals surface area (Å²) >= 11 is 0. The van der Waals surface area contributed by atoms with Crippen LogP contribution in [-0.2, 0) is 0 Å². The molecule has 0 aliphatic heterocycles. The van der Waals surface area contributed by atoms with Gasteiger partial charge < -0.3 is 15.1 Å². The Morgan fingerprint density at radius 3 is 2.36 bits per heavy atom. The molecular weight excluding hydrogens is 318 g/mol. The average molecular weight is 331 g/mol. The number of fused-ring (bicyclic) bond motifs is 1. The number of nitrogens with one attached hydrogen (secondary N) is 2. The maximum Gasteiger partial charge on any atom is 0.291 e. The van der Waals surface area contributed by atoms with E-state index in [2.05, 4.69) is 25.6 Å². The minimum Gasteiger partial charge on any atom is -0.449 e. The maximum absolute atomic E-state index is 12.3. The first-order valence-electron chi connectivity index (χ1n) is 7.58. The van der Waals surface area contributed by atoms with Gasteiger partial charge >= 0.3 is 0 Å². The number of nitrogens with zero attached hydrogens (tertiary/aromatic N) is 3. The van der Waals surface area contributed by atoms with Crippen molar-refractivity contribution in [3.63, 3.8) is 0 Å². The van der Waals surface area contributed by atoms with Gasteiger partial charge in [-0.3, -0.25) is 9.78 Å².